The molecule has 2 heterocycles. The third kappa shape index (κ3) is 1.80. The molecule has 0 aliphatic carbocycles. The number of aryl methyl sites for hydroxylation is 1. The molecule has 2 rings (SSSR count). The Bertz CT molecular complexity index is 472. The predicted molar refractivity (Wildman–Crippen MR) is 62.5 cm³/mol. The van der Waals surface area contributed by atoms with Crippen LogP contribution < -0.4 is 0 Å². The van der Waals surface area contributed by atoms with E-state index < -0.39 is 0 Å². The fraction of sp³-hybridized carbons (Fsp3) is 0.125. The summed E-state index contributed by atoms with van der Waals surface area (Å²) in [6.07, 6.45) is 1.74. The Morgan fingerprint density at radius 3 is 2.92 bits per heavy atom. The summed E-state index contributed by atoms with van der Waals surface area (Å²) in [5.41, 5.74) is 1.71. The van der Waals surface area contributed by atoms with Gasteiger partial charge in [-0.15, -0.1) is 0 Å². The number of aromatic nitrogens is 3. The zero-order chi connectivity index (χ0) is 9.42. The van der Waals surface area contributed by atoms with Crippen molar-refractivity contribution in [3.63, 3.8) is 0 Å². The Morgan fingerprint density at radius 1 is 1.38 bits per heavy atom. The van der Waals surface area contributed by atoms with Crippen LogP contribution in [-0.2, 0) is 0 Å². The van der Waals surface area contributed by atoms with Gasteiger partial charge in [0.25, 0.3) is 0 Å². The third-order valence-corrected chi connectivity index (χ3v) is 2.60. The van der Waals surface area contributed by atoms with Crippen molar-refractivity contribution in [1.82, 2.24) is 15.0 Å². The van der Waals surface area contributed by atoms with Gasteiger partial charge in [-0.2, -0.15) is 0 Å². The summed E-state index contributed by atoms with van der Waals surface area (Å²) >= 11 is 5.45. The fourth-order valence-corrected chi connectivity index (χ4v) is 2.02. The van der Waals surface area contributed by atoms with Crippen LogP contribution in [0.5, 0.6) is 0 Å². The van der Waals surface area contributed by atoms with Crippen molar-refractivity contribution in [3.8, 4) is 0 Å². The minimum Gasteiger partial charge on any atom is -0.235 e. The van der Waals surface area contributed by atoms with Gasteiger partial charge in [-0.3, -0.25) is 0 Å². The van der Waals surface area contributed by atoms with Crippen LogP contribution in [0.4, 0.5) is 0 Å². The van der Waals surface area contributed by atoms with Crippen molar-refractivity contribution in [2.24, 2.45) is 0 Å². The number of halogens is 2. The van der Waals surface area contributed by atoms with Gasteiger partial charge < -0.3 is 0 Å². The number of fused-ring (bicyclic) bond motifs is 1. The van der Waals surface area contributed by atoms with E-state index in [1.807, 2.05) is 13.0 Å². The van der Waals surface area contributed by atoms with Crippen molar-refractivity contribution < 1.29 is 0 Å². The van der Waals surface area contributed by atoms with Crippen LogP contribution in [-0.4, -0.2) is 15.0 Å². The fourth-order valence-electron chi connectivity index (χ4n) is 1.10. The molecule has 0 N–H and O–H groups in total. The first-order chi connectivity index (χ1) is 6.16. The maximum Gasteiger partial charge on any atom is 0.193 e. The lowest BCUT2D eigenvalue weighted by atomic mass is 10.3. The summed E-state index contributed by atoms with van der Waals surface area (Å²) in [6.45, 7) is 1.96. The molecule has 0 amide bonds. The Hall–Kier alpha value is -0.300. The zero-order valence-electron chi connectivity index (χ0n) is 6.75. The van der Waals surface area contributed by atoms with E-state index in [2.05, 4.69) is 53.5 Å². The van der Waals surface area contributed by atoms with Crippen molar-refractivity contribution in [3.05, 3.63) is 26.3 Å². The first-order valence-electron chi connectivity index (χ1n) is 3.62. The number of hydrogen-bond acceptors (Lipinski definition) is 3. The van der Waals surface area contributed by atoms with Crippen LogP contribution in [0.15, 0.2) is 16.7 Å². The number of hydrogen-bond donors (Lipinski definition) is 0. The Labute approximate surface area is 97.3 Å². The first-order valence-corrected chi connectivity index (χ1v) is 5.49. The SMILES string of the molecule is Cc1nc(I)nc2ncc(Br)cc12. The van der Waals surface area contributed by atoms with Crippen LogP contribution in [0.1, 0.15) is 5.69 Å². The summed E-state index contributed by atoms with van der Waals surface area (Å²) in [4.78, 5) is 12.7. The maximum atomic E-state index is 4.26. The molecule has 0 radical (unpaired) electrons. The van der Waals surface area contributed by atoms with Crippen molar-refractivity contribution in [2.45, 2.75) is 6.92 Å². The topological polar surface area (TPSA) is 38.7 Å². The molecule has 2 aromatic rings. The van der Waals surface area contributed by atoms with Gasteiger partial charge in [0.05, 0.1) is 5.69 Å². The Kier molecular flexibility index (Phi) is 2.46. The highest BCUT2D eigenvalue weighted by molar-refractivity contribution is 14.1. The van der Waals surface area contributed by atoms with E-state index in [0.717, 1.165) is 25.0 Å². The van der Waals surface area contributed by atoms with Crippen molar-refractivity contribution >= 4 is 49.6 Å². The largest absolute Gasteiger partial charge is 0.235 e. The minimum atomic E-state index is 0.734. The van der Waals surface area contributed by atoms with Crippen LogP contribution in [0.2, 0.25) is 0 Å². The molecule has 0 saturated heterocycles. The highest BCUT2D eigenvalue weighted by atomic mass is 127. The molecule has 0 atom stereocenters. The average molecular weight is 350 g/mol. The highest BCUT2D eigenvalue weighted by Gasteiger charge is 2.03. The van der Waals surface area contributed by atoms with Gasteiger partial charge in [0.15, 0.2) is 9.48 Å². The predicted octanol–water partition coefficient (Wildman–Crippen LogP) is 2.70. The van der Waals surface area contributed by atoms with Gasteiger partial charge in [-0.1, -0.05) is 0 Å². The van der Waals surface area contributed by atoms with E-state index in [1.54, 1.807) is 6.20 Å². The van der Waals surface area contributed by atoms with Gasteiger partial charge in [-0.25, -0.2) is 15.0 Å². The van der Waals surface area contributed by atoms with Gasteiger partial charge in [0, 0.05) is 38.6 Å². The standard InChI is InChI=1S/C8H5BrIN3/c1-4-6-2-5(9)3-11-7(6)13-8(10)12-4/h2-3H,1H3. The van der Waals surface area contributed by atoms with Gasteiger partial charge >= 0.3 is 0 Å². The van der Waals surface area contributed by atoms with Crippen LogP contribution in [0, 0.1) is 10.8 Å². The molecule has 0 aliphatic rings. The average Bonchev–Trinajstić information content (AvgIpc) is 2.06. The van der Waals surface area contributed by atoms with Gasteiger partial charge in [0.1, 0.15) is 0 Å². The lowest BCUT2D eigenvalue weighted by molar-refractivity contribution is 1.07. The van der Waals surface area contributed by atoms with E-state index >= 15 is 0 Å². The maximum absolute atomic E-state index is 4.26. The molecule has 0 spiro atoms. The number of nitrogens with zero attached hydrogens (tertiary/aromatic N) is 3. The number of pyridine rings is 1. The lowest BCUT2D eigenvalue weighted by Gasteiger charge is -2.00. The molecule has 2 aromatic heterocycles. The van der Waals surface area contributed by atoms with E-state index in [9.17, 15) is 0 Å². The third-order valence-electron chi connectivity index (χ3n) is 1.68. The quantitative estimate of drug-likeness (QED) is 0.542. The molecule has 0 unspecified atom stereocenters. The van der Waals surface area contributed by atoms with Gasteiger partial charge in [-0.05, 0) is 28.9 Å². The smallest absolute Gasteiger partial charge is 0.193 e. The van der Waals surface area contributed by atoms with E-state index in [-0.39, 0.29) is 0 Å². The van der Waals surface area contributed by atoms with E-state index in [1.165, 1.54) is 0 Å². The normalized spacial score (nSPS) is 10.7. The molecule has 0 bridgehead atoms. The number of rotatable bonds is 0. The Balaban J connectivity index is 2.87. The van der Waals surface area contributed by atoms with Crippen LogP contribution in [0.3, 0.4) is 0 Å². The summed E-state index contributed by atoms with van der Waals surface area (Å²) < 4.78 is 1.69. The summed E-state index contributed by atoms with van der Waals surface area (Å²) in [7, 11) is 0. The minimum absolute atomic E-state index is 0.734. The van der Waals surface area contributed by atoms with Crippen LogP contribution >= 0.6 is 38.5 Å². The molecule has 5 heteroatoms. The monoisotopic (exact) mass is 349 g/mol. The molecule has 0 aliphatic heterocycles. The molecule has 66 valence electrons. The second-order valence-electron chi connectivity index (χ2n) is 2.60. The molecule has 0 saturated carbocycles. The van der Waals surface area contributed by atoms with Crippen molar-refractivity contribution in [2.75, 3.05) is 0 Å². The van der Waals surface area contributed by atoms with Gasteiger partial charge in [0.2, 0.25) is 0 Å². The lowest BCUT2D eigenvalue weighted by Crippen LogP contribution is -1.94. The first kappa shape index (κ1) is 9.26. The summed E-state index contributed by atoms with van der Waals surface area (Å²) in [5.74, 6) is 0. The second-order valence-corrected chi connectivity index (χ2v) is 4.48. The zero-order valence-corrected chi connectivity index (χ0v) is 10.5. The molecular formula is C8H5BrIN3. The van der Waals surface area contributed by atoms with E-state index in [4.69, 9.17) is 0 Å². The van der Waals surface area contributed by atoms with Crippen molar-refractivity contribution in [1.29, 1.82) is 0 Å². The molecule has 3 nitrogen and oxygen atoms in total. The summed E-state index contributed by atoms with van der Waals surface area (Å²) in [5, 5.41) is 0.995. The molecular weight excluding hydrogens is 345 g/mol. The van der Waals surface area contributed by atoms with E-state index in [0.29, 0.717) is 0 Å². The van der Waals surface area contributed by atoms with Crippen LogP contribution in [0.25, 0.3) is 11.0 Å². The molecule has 13 heavy (non-hydrogen) atoms. The Morgan fingerprint density at radius 2 is 2.15 bits per heavy atom. The highest BCUT2D eigenvalue weighted by Crippen LogP contribution is 2.18. The molecule has 0 fully saturated rings. The summed E-state index contributed by atoms with van der Waals surface area (Å²) in [6, 6.07) is 1.98. The molecule has 0 aromatic carbocycles. The second kappa shape index (κ2) is 3.45.